The number of methoxy groups -OCH3 is 1. The van der Waals surface area contributed by atoms with Gasteiger partial charge in [0.2, 0.25) is 5.91 Å². The normalized spacial score (nSPS) is 10.4. The van der Waals surface area contributed by atoms with Gasteiger partial charge < -0.3 is 21.1 Å². The zero-order chi connectivity index (χ0) is 17.5. The number of rotatable bonds is 5. The van der Waals surface area contributed by atoms with E-state index >= 15 is 0 Å². The molecule has 0 bridgehead atoms. The Morgan fingerprint density at radius 2 is 1.71 bits per heavy atom. The third-order valence-electron chi connectivity index (χ3n) is 3.03. The van der Waals surface area contributed by atoms with Crippen LogP contribution in [0, 0.1) is 0 Å². The van der Waals surface area contributed by atoms with Gasteiger partial charge in [-0.3, -0.25) is 4.79 Å². The number of halogens is 1. The van der Waals surface area contributed by atoms with Crippen molar-refractivity contribution in [3.8, 4) is 5.75 Å². The van der Waals surface area contributed by atoms with Crippen molar-refractivity contribution in [1.29, 1.82) is 0 Å². The number of benzene rings is 2. The molecule has 0 saturated carbocycles. The summed E-state index contributed by atoms with van der Waals surface area (Å²) in [5.41, 5.74) is 6.96. The molecular weight excluding hydrogens is 374 g/mol. The largest absolute Gasteiger partial charge is 0.496 e. The highest BCUT2D eigenvalue weighted by Crippen LogP contribution is 2.24. The van der Waals surface area contributed by atoms with Gasteiger partial charge in [0.25, 0.3) is 0 Å². The lowest BCUT2D eigenvalue weighted by molar-refractivity contribution is -0.111. The van der Waals surface area contributed by atoms with Crippen molar-refractivity contribution in [2.45, 2.75) is 0 Å². The molecule has 0 aromatic heterocycles. The molecule has 0 saturated heterocycles. The standard InChI is InChI=1S/C17H16BrN3O3/c1-24-15-8-3-12(18)10-11(15)2-9-16(22)20-13-4-6-14(7-5-13)21-17(19)23/h2-10H,1H3,(H,20,22)(H3,19,21,23)/b9-2+. The number of urea groups is 1. The summed E-state index contributed by atoms with van der Waals surface area (Å²) in [4.78, 5) is 22.7. The molecule has 3 amide bonds. The Labute approximate surface area is 147 Å². The summed E-state index contributed by atoms with van der Waals surface area (Å²) in [5, 5.41) is 5.17. The molecule has 124 valence electrons. The molecule has 2 rings (SSSR count). The second kappa shape index (κ2) is 8.16. The molecule has 0 aliphatic carbocycles. The number of hydrogen-bond acceptors (Lipinski definition) is 3. The molecule has 6 nitrogen and oxygen atoms in total. The first-order valence-electron chi connectivity index (χ1n) is 6.97. The van der Waals surface area contributed by atoms with Gasteiger partial charge in [-0.25, -0.2) is 4.79 Å². The van der Waals surface area contributed by atoms with Gasteiger partial charge in [-0.05, 0) is 48.5 Å². The Hall–Kier alpha value is -2.80. The second-order valence-corrected chi connectivity index (χ2v) is 5.69. The third kappa shape index (κ3) is 5.13. The van der Waals surface area contributed by atoms with Crippen LogP contribution in [0.1, 0.15) is 5.56 Å². The fraction of sp³-hybridized carbons (Fsp3) is 0.0588. The first kappa shape index (κ1) is 17.6. The van der Waals surface area contributed by atoms with Crippen LogP contribution in [0.4, 0.5) is 16.2 Å². The molecule has 0 unspecified atom stereocenters. The summed E-state index contributed by atoms with van der Waals surface area (Å²) in [6.07, 6.45) is 3.09. The molecule has 4 N–H and O–H groups in total. The van der Waals surface area contributed by atoms with Gasteiger partial charge in [-0.2, -0.15) is 0 Å². The van der Waals surface area contributed by atoms with Crippen molar-refractivity contribution in [3.63, 3.8) is 0 Å². The monoisotopic (exact) mass is 389 g/mol. The van der Waals surface area contributed by atoms with Crippen molar-refractivity contribution in [3.05, 3.63) is 58.6 Å². The van der Waals surface area contributed by atoms with Crippen molar-refractivity contribution >= 4 is 45.3 Å². The van der Waals surface area contributed by atoms with E-state index in [1.54, 1.807) is 37.5 Å². The topological polar surface area (TPSA) is 93.4 Å². The fourth-order valence-corrected chi connectivity index (χ4v) is 2.34. The fourth-order valence-electron chi connectivity index (χ4n) is 1.96. The van der Waals surface area contributed by atoms with Crippen LogP contribution in [0.2, 0.25) is 0 Å². The summed E-state index contributed by atoms with van der Waals surface area (Å²) < 4.78 is 6.14. The Kier molecular flexibility index (Phi) is 5.97. The van der Waals surface area contributed by atoms with E-state index in [2.05, 4.69) is 26.6 Å². The predicted molar refractivity (Wildman–Crippen MR) is 98.0 cm³/mol. The number of anilines is 2. The maximum absolute atomic E-state index is 12.0. The summed E-state index contributed by atoms with van der Waals surface area (Å²) in [6, 6.07) is 11.5. The minimum atomic E-state index is -0.641. The minimum absolute atomic E-state index is 0.285. The van der Waals surface area contributed by atoms with E-state index < -0.39 is 6.03 Å². The number of hydrogen-bond donors (Lipinski definition) is 3. The van der Waals surface area contributed by atoms with Crippen molar-refractivity contribution in [2.75, 3.05) is 17.7 Å². The zero-order valence-electron chi connectivity index (χ0n) is 12.9. The number of ether oxygens (including phenoxy) is 1. The summed E-state index contributed by atoms with van der Waals surface area (Å²) in [6.45, 7) is 0. The average molecular weight is 390 g/mol. The second-order valence-electron chi connectivity index (χ2n) is 4.78. The first-order chi connectivity index (χ1) is 11.5. The average Bonchev–Trinajstić information content (AvgIpc) is 2.54. The van der Waals surface area contributed by atoms with E-state index in [4.69, 9.17) is 10.5 Å². The van der Waals surface area contributed by atoms with Crippen LogP contribution in [-0.2, 0) is 4.79 Å². The summed E-state index contributed by atoms with van der Waals surface area (Å²) in [5.74, 6) is 0.386. The van der Waals surface area contributed by atoms with Crippen LogP contribution >= 0.6 is 15.9 Å². The van der Waals surface area contributed by atoms with Crippen LogP contribution < -0.4 is 21.1 Å². The Morgan fingerprint density at radius 3 is 2.29 bits per heavy atom. The van der Waals surface area contributed by atoms with Gasteiger partial charge in [0.1, 0.15) is 5.75 Å². The zero-order valence-corrected chi connectivity index (χ0v) is 14.5. The molecule has 0 radical (unpaired) electrons. The number of nitrogens with one attached hydrogen (secondary N) is 2. The predicted octanol–water partition coefficient (Wildman–Crippen LogP) is 3.60. The highest BCUT2D eigenvalue weighted by atomic mass is 79.9. The maximum atomic E-state index is 12.0. The number of carbonyl (C=O) groups is 2. The van der Waals surface area contributed by atoms with E-state index in [1.165, 1.54) is 6.08 Å². The van der Waals surface area contributed by atoms with Gasteiger partial charge >= 0.3 is 6.03 Å². The maximum Gasteiger partial charge on any atom is 0.316 e. The Bertz CT molecular complexity index is 773. The molecule has 0 fully saturated rings. The molecule has 24 heavy (non-hydrogen) atoms. The number of nitrogens with two attached hydrogens (primary N) is 1. The molecule has 2 aromatic carbocycles. The van der Waals surface area contributed by atoms with Gasteiger partial charge in [0.05, 0.1) is 7.11 Å². The van der Waals surface area contributed by atoms with Crippen molar-refractivity contribution in [2.24, 2.45) is 5.73 Å². The molecule has 0 atom stereocenters. The van der Waals surface area contributed by atoms with Gasteiger partial charge in [0.15, 0.2) is 0 Å². The van der Waals surface area contributed by atoms with Crippen molar-refractivity contribution < 1.29 is 14.3 Å². The summed E-state index contributed by atoms with van der Waals surface area (Å²) >= 11 is 3.38. The number of carbonyl (C=O) groups excluding carboxylic acids is 2. The van der Waals surface area contributed by atoms with E-state index in [0.29, 0.717) is 17.1 Å². The van der Waals surface area contributed by atoms with E-state index in [9.17, 15) is 9.59 Å². The molecule has 7 heteroatoms. The van der Waals surface area contributed by atoms with E-state index in [1.807, 2.05) is 18.2 Å². The Balaban J connectivity index is 2.02. The highest BCUT2D eigenvalue weighted by Gasteiger charge is 2.03. The third-order valence-corrected chi connectivity index (χ3v) is 3.52. The van der Waals surface area contributed by atoms with E-state index in [0.717, 1.165) is 10.0 Å². The SMILES string of the molecule is COc1ccc(Br)cc1/C=C/C(=O)Nc1ccc(NC(N)=O)cc1. The molecule has 0 spiro atoms. The summed E-state index contributed by atoms with van der Waals surface area (Å²) in [7, 11) is 1.57. The van der Waals surface area contributed by atoms with Crippen LogP contribution in [0.15, 0.2) is 53.0 Å². The lowest BCUT2D eigenvalue weighted by atomic mass is 10.2. The van der Waals surface area contributed by atoms with Crippen molar-refractivity contribution in [1.82, 2.24) is 0 Å². The van der Waals surface area contributed by atoms with Crippen LogP contribution in [0.25, 0.3) is 6.08 Å². The van der Waals surface area contributed by atoms with Gasteiger partial charge in [-0.15, -0.1) is 0 Å². The Morgan fingerprint density at radius 1 is 1.08 bits per heavy atom. The number of primary amides is 1. The van der Waals surface area contributed by atoms with Crippen LogP contribution in [0.5, 0.6) is 5.75 Å². The van der Waals surface area contributed by atoms with E-state index in [-0.39, 0.29) is 5.91 Å². The van der Waals surface area contributed by atoms with Gasteiger partial charge in [-0.1, -0.05) is 15.9 Å². The highest BCUT2D eigenvalue weighted by molar-refractivity contribution is 9.10. The molecule has 0 heterocycles. The molecular formula is C17H16BrN3O3. The number of amides is 3. The molecule has 0 aliphatic heterocycles. The lowest BCUT2D eigenvalue weighted by Gasteiger charge is -2.06. The molecule has 2 aromatic rings. The van der Waals surface area contributed by atoms with Crippen LogP contribution in [0.3, 0.4) is 0 Å². The minimum Gasteiger partial charge on any atom is -0.496 e. The van der Waals surface area contributed by atoms with Gasteiger partial charge in [0, 0.05) is 27.5 Å². The quantitative estimate of drug-likeness (QED) is 0.681. The smallest absolute Gasteiger partial charge is 0.316 e. The first-order valence-corrected chi connectivity index (χ1v) is 7.76. The van der Waals surface area contributed by atoms with Crippen LogP contribution in [-0.4, -0.2) is 19.0 Å². The lowest BCUT2D eigenvalue weighted by Crippen LogP contribution is -2.19. The molecule has 0 aliphatic rings.